The third-order valence-electron chi connectivity index (χ3n) is 3.91. The molecule has 2 amide bonds. The van der Waals surface area contributed by atoms with Crippen LogP contribution in [0.4, 0.5) is 27.9 Å². The summed E-state index contributed by atoms with van der Waals surface area (Å²) in [7, 11) is 3.69. The van der Waals surface area contributed by atoms with Crippen LogP contribution in [-0.2, 0) is 4.74 Å². The molecule has 0 atom stereocenters. The zero-order valence-corrected chi connectivity index (χ0v) is 16.5. The third kappa shape index (κ3) is 4.91. The maximum Gasteiger partial charge on any atom is 0.322 e. The van der Waals surface area contributed by atoms with Crippen LogP contribution in [0.25, 0.3) is 0 Å². The number of benzene rings is 1. The van der Waals surface area contributed by atoms with Crippen LogP contribution in [0.1, 0.15) is 0 Å². The second kappa shape index (κ2) is 8.60. The van der Waals surface area contributed by atoms with Gasteiger partial charge in [-0.05, 0) is 18.2 Å². The molecule has 2 N–H and O–H groups in total. The van der Waals surface area contributed by atoms with Gasteiger partial charge in [0, 0.05) is 32.9 Å². The van der Waals surface area contributed by atoms with Crippen molar-refractivity contribution in [3.05, 3.63) is 34.4 Å². The number of morpholine rings is 1. The Morgan fingerprint density at radius 2 is 1.96 bits per heavy atom. The van der Waals surface area contributed by atoms with Crippen LogP contribution in [0.3, 0.4) is 0 Å². The van der Waals surface area contributed by atoms with Gasteiger partial charge in [-0.3, -0.25) is 0 Å². The topological polar surface area (TPSA) is 82.6 Å². The number of urea groups is 1. The minimum Gasteiger partial charge on any atom is -0.378 e. The molecule has 27 heavy (non-hydrogen) atoms. The standard InChI is InChI=1S/C17H20Cl2N6O2/c1-24(2)15-14(22-17(26)25-5-7-27-8-6-25)10-20-16(23-15)21-11-3-4-12(18)13(19)9-11/h3-4,9-10H,5-8H2,1-2H3,(H,22,26)(H,20,21,23). The zero-order valence-electron chi connectivity index (χ0n) is 15.0. The predicted molar refractivity (Wildman–Crippen MR) is 108 cm³/mol. The molecule has 10 heteroatoms. The van der Waals surface area contributed by atoms with Crippen molar-refractivity contribution < 1.29 is 9.53 Å². The Morgan fingerprint density at radius 3 is 2.63 bits per heavy atom. The SMILES string of the molecule is CN(C)c1nc(Nc2ccc(Cl)c(Cl)c2)ncc1NC(=O)N1CCOCC1. The highest BCUT2D eigenvalue weighted by Gasteiger charge is 2.19. The van der Waals surface area contributed by atoms with Crippen molar-refractivity contribution in [3.8, 4) is 0 Å². The summed E-state index contributed by atoms with van der Waals surface area (Å²) in [5.41, 5.74) is 1.23. The predicted octanol–water partition coefficient (Wildman–Crippen LogP) is 3.46. The fourth-order valence-electron chi connectivity index (χ4n) is 2.53. The van der Waals surface area contributed by atoms with Crippen molar-refractivity contribution in [1.29, 1.82) is 0 Å². The number of nitrogens with zero attached hydrogens (tertiary/aromatic N) is 4. The number of anilines is 4. The van der Waals surface area contributed by atoms with E-state index in [2.05, 4.69) is 20.6 Å². The number of rotatable bonds is 4. The summed E-state index contributed by atoms with van der Waals surface area (Å²) in [6, 6.07) is 4.96. The summed E-state index contributed by atoms with van der Waals surface area (Å²) >= 11 is 12.0. The van der Waals surface area contributed by atoms with Crippen LogP contribution in [0, 0.1) is 0 Å². The van der Waals surface area contributed by atoms with Crippen molar-refractivity contribution in [2.75, 3.05) is 55.9 Å². The molecule has 2 aromatic rings. The van der Waals surface area contributed by atoms with Crippen molar-refractivity contribution in [2.45, 2.75) is 0 Å². The molecule has 3 rings (SSSR count). The van der Waals surface area contributed by atoms with Crippen LogP contribution in [0.15, 0.2) is 24.4 Å². The fraction of sp³-hybridized carbons (Fsp3) is 0.353. The number of ether oxygens (including phenoxy) is 1. The molecule has 1 aromatic heterocycles. The Labute approximate surface area is 167 Å². The van der Waals surface area contributed by atoms with Crippen LogP contribution in [0.5, 0.6) is 0 Å². The number of amides is 2. The van der Waals surface area contributed by atoms with Crippen LogP contribution in [0.2, 0.25) is 10.0 Å². The van der Waals surface area contributed by atoms with Gasteiger partial charge in [-0.1, -0.05) is 23.2 Å². The van der Waals surface area contributed by atoms with E-state index in [-0.39, 0.29) is 6.03 Å². The van der Waals surface area contributed by atoms with Crippen molar-refractivity contribution in [3.63, 3.8) is 0 Å². The summed E-state index contributed by atoms with van der Waals surface area (Å²) in [5.74, 6) is 0.954. The maximum absolute atomic E-state index is 12.4. The van der Waals surface area contributed by atoms with Gasteiger partial charge in [0.2, 0.25) is 5.95 Å². The number of hydrogen-bond donors (Lipinski definition) is 2. The van der Waals surface area contributed by atoms with Gasteiger partial charge in [0.05, 0.1) is 29.5 Å². The molecular formula is C17H20Cl2N6O2. The van der Waals surface area contributed by atoms with Crippen molar-refractivity contribution >= 4 is 52.4 Å². The van der Waals surface area contributed by atoms with E-state index in [9.17, 15) is 4.79 Å². The number of aromatic nitrogens is 2. The second-order valence-corrected chi connectivity index (χ2v) is 6.92. The average Bonchev–Trinajstić information content (AvgIpc) is 2.66. The molecule has 1 aliphatic heterocycles. The van der Waals surface area contributed by atoms with Gasteiger partial charge in [-0.25, -0.2) is 9.78 Å². The summed E-state index contributed by atoms with van der Waals surface area (Å²) in [4.78, 5) is 24.7. The molecule has 1 saturated heterocycles. The zero-order chi connectivity index (χ0) is 19.4. The molecule has 1 aromatic carbocycles. The van der Waals surface area contributed by atoms with Gasteiger partial charge < -0.3 is 25.2 Å². The number of carbonyl (C=O) groups is 1. The first-order valence-corrected chi connectivity index (χ1v) is 9.10. The van der Waals surface area contributed by atoms with Gasteiger partial charge in [0.1, 0.15) is 5.69 Å². The van der Waals surface area contributed by atoms with Gasteiger partial charge in [0.15, 0.2) is 5.82 Å². The largest absolute Gasteiger partial charge is 0.378 e. The molecule has 144 valence electrons. The first-order valence-electron chi connectivity index (χ1n) is 8.34. The Morgan fingerprint density at radius 1 is 1.22 bits per heavy atom. The molecule has 0 spiro atoms. The van der Waals surface area contributed by atoms with Gasteiger partial charge in [-0.15, -0.1) is 0 Å². The smallest absolute Gasteiger partial charge is 0.322 e. The summed E-state index contributed by atoms with van der Waals surface area (Å²) in [6.45, 7) is 2.19. The molecule has 2 heterocycles. The molecular weight excluding hydrogens is 391 g/mol. The lowest BCUT2D eigenvalue weighted by Gasteiger charge is -2.27. The van der Waals surface area contributed by atoms with Crippen LogP contribution >= 0.6 is 23.2 Å². The van der Waals surface area contributed by atoms with Crippen molar-refractivity contribution in [2.24, 2.45) is 0 Å². The first kappa shape index (κ1) is 19.5. The molecule has 8 nitrogen and oxygen atoms in total. The highest BCUT2D eigenvalue weighted by molar-refractivity contribution is 6.42. The van der Waals surface area contributed by atoms with E-state index in [4.69, 9.17) is 27.9 Å². The monoisotopic (exact) mass is 410 g/mol. The number of carbonyl (C=O) groups excluding carboxylic acids is 1. The Bertz CT molecular complexity index is 827. The van der Waals surface area contributed by atoms with Crippen LogP contribution in [-0.4, -0.2) is 61.3 Å². The minimum absolute atomic E-state index is 0.199. The lowest BCUT2D eigenvalue weighted by atomic mass is 10.3. The Kier molecular flexibility index (Phi) is 6.20. The third-order valence-corrected chi connectivity index (χ3v) is 4.65. The minimum atomic E-state index is -0.199. The van der Waals surface area contributed by atoms with E-state index >= 15 is 0 Å². The van der Waals surface area contributed by atoms with E-state index in [0.717, 1.165) is 0 Å². The van der Waals surface area contributed by atoms with Crippen molar-refractivity contribution in [1.82, 2.24) is 14.9 Å². The highest BCUT2D eigenvalue weighted by Crippen LogP contribution is 2.28. The van der Waals surface area contributed by atoms with Gasteiger partial charge in [0.25, 0.3) is 0 Å². The lowest BCUT2D eigenvalue weighted by molar-refractivity contribution is 0.0564. The molecule has 0 aliphatic carbocycles. The molecule has 1 fully saturated rings. The van der Waals surface area contributed by atoms with E-state index in [0.29, 0.717) is 59.5 Å². The van der Waals surface area contributed by atoms with Gasteiger partial charge >= 0.3 is 6.03 Å². The first-order chi connectivity index (χ1) is 12.9. The summed E-state index contributed by atoms with van der Waals surface area (Å²) < 4.78 is 5.27. The molecule has 0 unspecified atom stereocenters. The van der Waals surface area contributed by atoms with Crippen LogP contribution < -0.4 is 15.5 Å². The highest BCUT2D eigenvalue weighted by atomic mass is 35.5. The summed E-state index contributed by atoms with van der Waals surface area (Å²) in [6.07, 6.45) is 1.57. The van der Waals surface area contributed by atoms with E-state index in [1.54, 1.807) is 34.2 Å². The molecule has 0 bridgehead atoms. The fourth-order valence-corrected chi connectivity index (χ4v) is 2.82. The normalized spacial score (nSPS) is 14.0. The number of nitrogens with one attached hydrogen (secondary N) is 2. The number of hydrogen-bond acceptors (Lipinski definition) is 6. The molecule has 0 saturated carbocycles. The van der Waals surface area contributed by atoms with E-state index in [1.165, 1.54) is 0 Å². The molecule has 0 radical (unpaired) electrons. The van der Waals surface area contributed by atoms with E-state index in [1.807, 2.05) is 14.1 Å². The average molecular weight is 411 g/mol. The molecule has 1 aliphatic rings. The maximum atomic E-state index is 12.4. The lowest BCUT2D eigenvalue weighted by Crippen LogP contribution is -2.43. The van der Waals surface area contributed by atoms with E-state index < -0.39 is 0 Å². The van der Waals surface area contributed by atoms with Gasteiger partial charge in [-0.2, -0.15) is 4.98 Å². The quantitative estimate of drug-likeness (QED) is 0.802. The number of halogens is 2. The Balaban J connectivity index is 1.77. The second-order valence-electron chi connectivity index (χ2n) is 6.11. The Hall–Kier alpha value is -2.29. The summed E-state index contributed by atoms with van der Waals surface area (Å²) in [5, 5.41) is 6.85.